The molecule has 1 aliphatic rings. The number of nitrogens with one attached hydrogen (secondary N) is 1. The van der Waals surface area contributed by atoms with Crippen LogP contribution < -0.4 is 14.8 Å². The van der Waals surface area contributed by atoms with Crippen molar-refractivity contribution in [3.8, 4) is 11.5 Å². The van der Waals surface area contributed by atoms with E-state index in [0.29, 0.717) is 6.54 Å². The maximum absolute atomic E-state index is 5.50. The second kappa shape index (κ2) is 5.89. The summed E-state index contributed by atoms with van der Waals surface area (Å²) in [5.74, 6) is 3.48. The van der Waals surface area contributed by atoms with Gasteiger partial charge in [-0.3, -0.25) is 0 Å². The summed E-state index contributed by atoms with van der Waals surface area (Å²) in [5.41, 5.74) is 1.05. The van der Waals surface area contributed by atoms with Gasteiger partial charge >= 0.3 is 0 Å². The molecule has 6 heteroatoms. The molecule has 3 rings (SSSR count). The van der Waals surface area contributed by atoms with E-state index in [1.54, 1.807) is 0 Å². The summed E-state index contributed by atoms with van der Waals surface area (Å²) in [7, 11) is 0. The fourth-order valence-corrected chi connectivity index (χ4v) is 2.50. The Bertz CT molecular complexity index is 661. The molecule has 0 bridgehead atoms. The molecule has 0 saturated carbocycles. The van der Waals surface area contributed by atoms with Gasteiger partial charge in [0, 0.05) is 24.1 Å². The molecule has 2 aromatic rings. The number of aromatic nitrogens is 2. The molecule has 0 aliphatic carbocycles. The topological polar surface area (TPSA) is 56.3 Å². The van der Waals surface area contributed by atoms with Crippen molar-refractivity contribution in [2.24, 2.45) is 0 Å². The largest absolute Gasteiger partial charge is 0.454 e. The van der Waals surface area contributed by atoms with E-state index in [4.69, 9.17) is 9.47 Å². The lowest BCUT2D eigenvalue weighted by Gasteiger charge is -2.11. The van der Waals surface area contributed by atoms with Crippen LogP contribution in [0.2, 0.25) is 0 Å². The molecule has 0 unspecified atom stereocenters. The van der Waals surface area contributed by atoms with Crippen molar-refractivity contribution in [2.45, 2.75) is 26.3 Å². The van der Waals surface area contributed by atoms with E-state index in [2.05, 4.69) is 45.1 Å². The summed E-state index contributed by atoms with van der Waals surface area (Å²) in [5, 5.41) is 3.31. The number of hydrogen-bond donors (Lipinski definition) is 1. The summed E-state index contributed by atoms with van der Waals surface area (Å²) < 4.78 is 11.7. The Hall–Kier alpha value is -1.82. The van der Waals surface area contributed by atoms with Gasteiger partial charge in [0.25, 0.3) is 0 Å². The smallest absolute Gasteiger partial charge is 0.231 e. The molecule has 1 aromatic carbocycles. The Balaban J connectivity index is 1.78. The molecule has 1 aromatic heterocycles. The lowest BCUT2D eigenvalue weighted by molar-refractivity contribution is 0.173. The number of fused-ring (bicyclic) bond motifs is 1. The van der Waals surface area contributed by atoms with Gasteiger partial charge in [-0.1, -0.05) is 26.0 Å². The molecule has 0 atom stereocenters. The van der Waals surface area contributed by atoms with Crippen molar-refractivity contribution < 1.29 is 9.47 Å². The quantitative estimate of drug-likeness (QED) is 0.852. The van der Waals surface area contributed by atoms with Crippen molar-refractivity contribution in [1.82, 2.24) is 9.97 Å². The minimum atomic E-state index is 0.278. The van der Waals surface area contributed by atoms with Gasteiger partial charge in [0.2, 0.25) is 6.79 Å². The van der Waals surface area contributed by atoms with Crippen LogP contribution in [0.3, 0.4) is 0 Å². The molecule has 0 amide bonds. The van der Waals surface area contributed by atoms with Crippen molar-refractivity contribution in [3.05, 3.63) is 40.3 Å². The summed E-state index contributed by atoms with van der Waals surface area (Å²) in [4.78, 5) is 8.88. The van der Waals surface area contributed by atoms with E-state index in [1.807, 2.05) is 24.3 Å². The maximum Gasteiger partial charge on any atom is 0.231 e. The number of rotatable bonds is 4. The minimum Gasteiger partial charge on any atom is -0.454 e. The second-order valence-corrected chi connectivity index (χ2v) is 5.91. The molecule has 0 fully saturated rings. The van der Waals surface area contributed by atoms with Gasteiger partial charge in [0.1, 0.15) is 16.2 Å². The van der Waals surface area contributed by atoms with E-state index in [9.17, 15) is 0 Å². The van der Waals surface area contributed by atoms with Crippen LogP contribution in [-0.2, 0) is 6.54 Å². The highest BCUT2D eigenvalue weighted by Gasteiger charge is 2.17. The molecule has 0 saturated heterocycles. The van der Waals surface area contributed by atoms with Crippen LogP contribution in [0.1, 0.15) is 31.2 Å². The molecule has 110 valence electrons. The average molecular weight is 350 g/mol. The zero-order valence-electron chi connectivity index (χ0n) is 11.9. The zero-order valence-corrected chi connectivity index (χ0v) is 13.5. The summed E-state index contributed by atoms with van der Waals surface area (Å²) in [6, 6.07) is 7.75. The predicted molar refractivity (Wildman–Crippen MR) is 83.7 cm³/mol. The highest BCUT2D eigenvalue weighted by molar-refractivity contribution is 9.10. The molecule has 0 spiro atoms. The lowest BCUT2D eigenvalue weighted by Crippen LogP contribution is -2.06. The van der Waals surface area contributed by atoms with Crippen molar-refractivity contribution >= 4 is 21.7 Å². The summed E-state index contributed by atoms with van der Waals surface area (Å²) in [6.45, 7) is 5.04. The van der Waals surface area contributed by atoms with Gasteiger partial charge in [-0.2, -0.15) is 0 Å². The molecule has 0 radical (unpaired) electrons. The highest BCUT2D eigenvalue weighted by atomic mass is 79.9. The van der Waals surface area contributed by atoms with Gasteiger partial charge < -0.3 is 14.8 Å². The van der Waals surface area contributed by atoms with Crippen LogP contribution in [0.4, 0.5) is 5.82 Å². The summed E-state index contributed by atoms with van der Waals surface area (Å²) >= 11 is 3.42. The molecule has 21 heavy (non-hydrogen) atoms. The number of hydrogen-bond acceptors (Lipinski definition) is 5. The Morgan fingerprint density at radius 1 is 1.29 bits per heavy atom. The van der Waals surface area contributed by atoms with Gasteiger partial charge in [0.15, 0.2) is 11.5 Å². The first-order valence-corrected chi connectivity index (χ1v) is 7.58. The predicted octanol–water partition coefficient (Wildman–Crippen LogP) is 3.70. The minimum absolute atomic E-state index is 0.278. The average Bonchev–Trinajstić information content (AvgIpc) is 2.93. The third-order valence-electron chi connectivity index (χ3n) is 3.17. The van der Waals surface area contributed by atoms with Crippen LogP contribution >= 0.6 is 15.9 Å². The first-order chi connectivity index (χ1) is 10.1. The van der Waals surface area contributed by atoms with Gasteiger partial charge in [0.05, 0.1) is 0 Å². The molecule has 5 nitrogen and oxygen atoms in total. The van der Waals surface area contributed by atoms with Crippen LogP contribution in [0.15, 0.2) is 28.9 Å². The monoisotopic (exact) mass is 349 g/mol. The molecule has 2 heterocycles. The maximum atomic E-state index is 5.50. The Morgan fingerprint density at radius 3 is 2.95 bits per heavy atom. The van der Waals surface area contributed by atoms with Crippen LogP contribution in [0.5, 0.6) is 11.5 Å². The van der Waals surface area contributed by atoms with E-state index in [1.165, 1.54) is 0 Å². The first-order valence-electron chi connectivity index (χ1n) is 6.79. The number of para-hydroxylation sites is 1. The SMILES string of the molecule is CC(C)c1nc(Br)cc(NCc2cccc3c2OCO3)n1. The zero-order chi connectivity index (χ0) is 14.8. The molecular weight excluding hydrogens is 334 g/mol. The van der Waals surface area contributed by atoms with Crippen LogP contribution in [0, 0.1) is 0 Å². The molecule has 1 aliphatic heterocycles. The van der Waals surface area contributed by atoms with E-state index >= 15 is 0 Å². The number of halogens is 1. The number of nitrogens with zero attached hydrogens (tertiary/aromatic N) is 2. The number of anilines is 1. The standard InChI is InChI=1S/C15H16BrN3O2/c1-9(2)15-18-12(16)6-13(19-15)17-7-10-4-3-5-11-14(10)21-8-20-11/h3-6,9H,7-8H2,1-2H3,(H,17,18,19). The summed E-state index contributed by atoms with van der Waals surface area (Å²) in [6.07, 6.45) is 0. The van der Waals surface area contributed by atoms with Crippen LogP contribution in [-0.4, -0.2) is 16.8 Å². The van der Waals surface area contributed by atoms with Gasteiger partial charge in [-0.25, -0.2) is 9.97 Å². The number of benzene rings is 1. The Kier molecular flexibility index (Phi) is 3.96. The highest BCUT2D eigenvalue weighted by Crippen LogP contribution is 2.35. The van der Waals surface area contributed by atoms with Crippen molar-refractivity contribution in [2.75, 3.05) is 12.1 Å². The fourth-order valence-electron chi connectivity index (χ4n) is 2.10. The fraction of sp³-hybridized carbons (Fsp3) is 0.333. The van der Waals surface area contributed by atoms with Gasteiger partial charge in [-0.15, -0.1) is 0 Å². The van der Waals surface area contributed by atoms with Crippen molar-refractivity contribution in [3.63, 3.8) is 0 Å². The van der Waals surface area contributed by atoms with E-state index < -0.39 is 0 Å². The third kappa shape index (κ3) is 3.10. The second-order valence-electron chi connectivity index (χ2n) is 5.09. The lowest BCUT2D eigenvalue weighted by atomic mass is 10.2. The normalized spacial score (nSPS) is 12.8. The van der Waals surface area contributed by atoms with Gasteiger partial charge in [-0.05, 0) is 22.0 Å². The van der Waals surface area contributed by atoms with Crippen molar-refractivity contribution in [1.29, 1.82) is 0 Å². The molecular formula is C15H16BrN3O2. The Labute approximate surface area is 131 Å². The van der Waals surface area contributed by atoms with E-state index in [0.717, 1.165) is 33.3 Å². The third-order valence-corrected chi connectivity index (χ3v) is 3.57. The van der Waals surface area contributed by atoms with Crippen LogP contribution in [0.25, 0.3) is 0 Å². The molecule has 1 N–H and O–H groups in total. The van der Waals surface area contributed by atoms with E-state index in [-0.39, 0.29) is 12.7 Å². The number of ether oxygens (including phenoxy) is 2. The Morgan fingerprint density at radius 2 is 2.14 bits per heavy atom. The first kappa shape index (κ1) is 14.1.